The number of hydrogen-bond acceptors (Lipinski definition) is 4. The van der Waals surface area contributed by atoms with Gasteiger partial charge in [0.05, 0.1) is 11.6 Å². The molecule has 1 atom stereocenters. The first-order valence-electron chi connectivity index (χ1n) is 6.20. The molecule has 1 aliphatic heterocycles. The number of benzene rings is 1. The molecule has 1 aromatic carbocycles. The van der Waals surface area contributed by atoms with Crippen molar-refractivity contribution in [3.05, 3.63) is 23.8 Å². The van der Waals surface area contributed by atoms with E-state index in [2.05, 4.69) is 10.4 Å². The zero-order chi connectivity index (χ0) is 12.3. The molecule has 1 saturated heterocycles. The van der Waals surface area contributed by atoms with E-state index in [-0.39, 0.29) is 17.5 Å². The van der Waals surface area contributed by atoms with E-state index >= 15 is 0 Å². The first kappa shape index (κ1) is 12.2. The molecule has 1 unspecified atom stereocenters. The van der Waals surface area contributed by atoms with Gasteiger partial charge in [-0.2, -0.15) is 0 Å². The molecule has 0 bridgehead atoms. The lowest BCUT2D eigenvalue weighted by Crippen LogP contribution is -2.42. The third kappa shape index (κ3) is 2.90. The highest BCUT2D eigenvalue weighted by Crippen LogP contribution is 2.32. The summed E-state index contributed by atoms with van der Waals surface area (Å²) in [4.78, 5) is 0. The molecule has 0 aromatic heterocycles. The predicted molar refractivity (Wildman–Crippen MR) is 66.7 cm³/mol. The van der Waals surface area contributed by atoms with Gasteiger partial charge in [0, 0.05) is 13.1 Å². The standard InChI is InChI=1S/C13H20N2O2/c1-10(14-15-8-3-2-4-9-15)13-11(16)6-5-7-12(13)17/h5-7,10,14,16-17H,2-4,8-9H2,1H3. The molecule has 0 saturated carbocycles. The average molecular weight is 236 g/mol. The van der Waals surface area contributed by atoms with Gasteiger partial charge in [-0.1, -0.05) is 12.5 Å². The Hall–Kier alpha value is -1.26. The van der Waals surface area contributed by atoms with Gasteiger partial charge in [-0.05, 0) is 31.9 Å². The number of nitrogens with zero attached hydrogens (tertiary/aromatic N) is 1. The minimum Gasteiger partial charge on any atom is -0.507 e. The van der Waals surface area contributed by atoms with Crippen LogP contribution in [-0.2, 0) is 0 Å². The fraction of sp³-hybridized carbons (Fsp3) is 0.538. The Bertz CT molecular complexity index is 355. The second-order valence-corrected chi connectivity index (χ2v) is 4.61. The quantitative estimate of drug-likeness (QED) is 0.752. The molecule has 1 fully saturated rings. The van der Waals surface area contributed by atoms with E-state index in [0.29, 0.717) is 5.56 Å². The van der Waals surface area contributed by atoms with E-state index in [1.54, 1.807) is 18.2 Å². The zero-order valence-corrected chi connectivity index (χ0v) is 10.2. The smallest absolute Gasteiger partial charge is 0.124 e. The normalized spacial score (nSPS) is 19.1. The maximum atomic E-state index is 9.77. The molecule has 94 valence electrons. The number of hydrogen-bond donors (Lipinski definition) is 3. The molecule has 4 nitrogen and oxygen atoms in total. The third-order valence-electron chi connectivity index (χ3n) is 3.23. The fourth-order valence-corrected chi connectivity index (χ4v) is 2.35. The van der Waals surface area contributed by atoms with E-state index in [0.717, 1.165) is 13.1 Å². The lowest BCUT2D eigenvalue weighted by Gasteiger charge is -2.30. The molecule has 4 heteroatoms. The zero-order valence-electron chi connectivity index (χ0n) is 10.2. The largest absolute Gasteiger partial charge is 0.507 e. The van der Waals surface area contributed by atoms with Gasteiger partial charge in [-0.25, -0.2) is 10.4 Å². The number of hydrazine groups is 1. The molecule has 0 radical (unpaired) electrons. The van der Waals surface area contributed by atoms with Gasteiger partial charge in [0.25, 0.3) is 0 Å². The lowest BCUT2D eigenvalue weighted by molar-refractivity contribution is 0.131. The van der Waals surface area contributed by atoms with Crippen LogP contribution in [0.3, 0.4) is 0 Å². The highest BCUT2D eigenvalue weighted by atomic mass is 16.3. The van der Waals surface area contributed by atoms with E-state index < -0.39 is 0 Å². The molecule has 17 heavy (non-hydrogen) atoms. The lowest BCUT2D eigenvalue weighted by atomic mass is 10.1. The van der Waals surface area contributed by atoms with Crippen molar-refractivity contribution in [3.63, 3.8) is 0 Å². The Labute approximate surface area is 102 Å². The van der Waals surface area contributed by atoms with E-state index in [1.165, 1.54) is 19.3 Å². The van der Waals surface area contributed by atoms with Crippen LogP contribution in [0.25, 0.3) is 0 Å². The molecule has 0 spiro atoms. The van der Waals surface area contributed by atoms with E-state index in [1.807, 2.05) is 6.92 Å². The van der Waals surface area contributed by atoms with Crippen LogP contribution in [0.4, 0.5) is 0 Å². The summed E-state index contributed by atoms with van der Waals surface area (Å²) < 4.78 is 0. The second-order valence-electron chi connectivity index (χ2n) is 4.61. The molecular formula is C13H20N2O2. The highest BCUT2D eigenvalue weighted by molar-refractivity contribution is 5.44. The van der Waals surface area contributed by atoms with Gasteiger partial charge in [0.1, 0.15) is 11.5 Å². The van der Waals surface area contributed by atoms with Crippen LogP contribution < -0.4 is 5.43 Å². The number of aromatic hydroxyl groups is 2. The molecular weight excluding hydrogens is 216 g/mol. The minimum absolute atomic E-state index is 0.0886. The highest BCUT2D eigenvalue weighted by Gasteiger charge is 2.18. The van der Waals surface area contributed by atoms with Crippen molar-refractivity contribution in [1.82, 2.24) is 10.4 Å². The van der Waals surface area contributed by atoms with Crippen molar-refractivity contribution in [1.29, 1.82) is 0 Å². The molecule has 3 N–H and O–H groups in total. The van der Waals surface area contributed by atoms with Gasteiger partial charge >= 0.3 is 0 Å². The summed E-state index contributed by atoms with van der Waals surface area (Å²) in [5, 5.41) is 21.7. The van der Waals surface area contributed by atoms with Crippen LogP contribution in [-0.4, -0.2) is 28.3 Å². The van der Waals surface area contributed by atoms with E-state index in [4.69, 9.17) is 0 Å². The maximum Gasteiger partial charge on any atom is 0.124 e. The predicted octanol–water partition coefficient (Wildman–Crippen LogP) is 2.15. The van der Waals surface area contributed by atoms with Gasteiger partial charge < -0.3 is 10.2 Å². The van der Waals surface area contributed by atoms with Crippen LogP contribution in [0.1, 0.15) is 37.8 Å². The van der Waals surface area contributed by atoms with Crippen molar-refractivity contribution in [2.75, 3.05) is 13.1 Å². The van der Waals surface area contributed by atoms with Gasteiger partial charge in [0.15, 0.2) is 0 Å². The minimum atomic E-state index is -0.0886. The summed E-state index contributed by atoms with van der Waals surface area (Å²) in [5.74, 6) is 0.281. The summed E-state index contributed by atoms with van der Waals surface area (Å²) in [5.41, 5.74) is 3.90. The fourth-order valence-electron chi connectivity index (χ4n) is 2.35. The summed E-state index contributed by atoms with van der Waals surface area (Å²) in [6.45, 7) is 4.00. The first-order valence-corrected chi connectivity index (χ1v) is 6.20. The molecule has 1 aromatic rings. The summed E-state index contributed by atoms with van der Waals surface area (Å²) in [6.07, 6.45) is 3.69. The molecule has 1 heterocycles. The topological polar surface area (TPSA) is 55.7 Å². The Morgan fingerprint density at radius 3 is 2.29 bits per heavy atom. The molecule has 0 aliphatic carbocycles. The Kier molecular flexibility index (Phi) is 3.86. The van der Waals surface area contributed by atoms with Gasteiger partial charge in [-0.3, -0.25) is 0 Å². The average Bonchev–Trinajstić information content (AvgIpc) is 2.30. The second kappa shape index (κ2) is 5.38. The summed E-state index contributed by atoms with van der Waals surface area (Å²) in [7, 11) is 0. The molecule has 1 aliphatic rings. The van der Waals surface area contributed by atoms with Gasteiger partial charge in [-0.15, -0.1) is 0 Å². The van der Waals surface area contributed by atoms with Crippen molar-refractivity contribution in [3.8, 4) is 11.5 Å². The SMILES string of the molecule is CC(NN1CCCCC1)c1c(O)cccc1O. The van der Waals surface area contributed by atoms with Gasteiger partial charge in [0.2, 0.25) is 0 Å². The van der Waals surface area contributed by atoms with Crippen LogP contribution in [0, 0.1) is 0 Å². The van der Waals surface area contributed by atoms with Crippen molar-refractivity contribution in [2.24, 2.45) is 0 Å². The van der Waals surface area contributed by atoms with Crippen LogP contribution in [0.15, 0.2) is 18.2 Å². The van der Waals surface area contributed by atoms with Crippen molar-refractivity contribution >= 4 is 0 Å². The number of phenols is 2. The van der Waals surface area contributed by atoms with Crippen LogP contribution in [0.5, 0.6) is 11.5 Å². The monoisotopic (exact) mass is 236 g/mol. The number of piperidine rings is 1. The van der Waals surface area contributed by atoms with Crippen LogP contribution >= 0.6 is 0 Å². The number of nitrogens with one attached hydrogen (secondary N) is 1. The van der Waals surface area contributed by atoms with E-state index in [9.17, 15) is 10.2 Å². The van der Waals surface area contributed by atoms with Crippen molar-refractivity contribution in [2.45, 2.75) is 32.2 Å². The summed E-state index contributed by atoms with van der Waals surface area (Å²) >= 11 is 0. The first-order chi connectivity index (χ1) is 8.18. The number of rotatable bonds is 3. The van der Waals surface area contributed by atoms with Crippen LogP contribution in [0.2, 0.25) is 0 Å². The Balaban J connectivity index is 2.05. The Morgan fingerprint density at radius 1 is 1.12 bits per heavy atom. The molecule has 2 rings (SSSR count). The maximum absolute atomic E-state index is 9.77. The Morgan fingerprint density at radius 2 is 1.71 bits per heavy atom. The summed E-state index contributed by atoms with van der Waals surface area (Å²) in [6, 6.07) is 4.75. The third-order valence-corrected chi connectivity index (χ3v) is 3.23. The van der Waals surface area contributed by atoms with Crippen molar-refractivity contribution < 1.29 is 10.2 Å². The number of phenolic OH excluding ortho intramolecular Hbond substituents is 2. The molecule has 0 amide bonds.